The van der Waals surface area contributed by atoms with E-state index in [1.807, 2.05) is 0 Å². The van der Waals surface area contributed by atoms with Crippen molar-refractivity contribution in [3.05, 3.63) is 12.2 Å². The van der Waals surface area contributed by atoms with Crippen LogP contribution in [0.15, 0.2) is 12.2 Å². The normalized spacial score (nSPS) is 16.4. The fourth-order valence-corrected chi connectivity index (χ4v) is 0.780. The molecule has 0 aliphatic carbocycles. The Morgan fingerprint density at radius 2 is 2.18 bits per heavy atom. The lowest BCUT2D eigenvalue weighted by Gasteiger charge is -2.12. The minimum Gasteiger partial charge on any atom is -0.468 e. The molecule has 3 nitrogen and oxygen atoms in total. The number of carbonyl (C=O) groups is 1. The zero-order chi connectivity index (χ0) is 8.85. The summed E-state index contributed by atoms with van der Waals surface area (Å²) in [5.74, 6) is -0.942. The van der Waals surface area contributed by atoms with Crippen LogP contribution in [0.1, 0.15) is 13.8 Å². The van der Waals surface area contributed by atoms with Gasteiger partial charge in [-0.25, -0.2) is 0 Å². The van der Waals surface area contributed by atoms with Crippen LogP contribution in [0.5, 0.6) is 0 Å². The smallest absolute Gasteiger partial charge is 0.315 e. The van der Waals surface area contributed by atoms with Gasteiger partial charge in [-0.05, 0) is 13.8 Å². The van der Waals surface area contributed by atoms with Crippen LogP contribution in [0.3, 0.4) is 0 Å². The molecule has 1 N–H and O–H groups in total. The van der Waals surface area contributed by atoms with E-state index in [2.05, 4.69) is 4.74 Å². The van der Waals surface area contributed by atoms with Crippen molar-refractivity contribution >= 4 is 5.97 Å². The van der Waals surface area contributed by atoms with Crippen LogP contribution in [0.25, 0.3) is 0 Å². The second-order valence-corrected chi connectivity index (χ2v) is 2.32. The van der Waals surface area contributed by atoms with Gasteiger partial charge in [-0.15, -0.1) is 0 Å². The molecule has 0 fully saturated rings. The van der Waals surface area contributed by atoms with E-state index < -0.39 is 18.0 Å². The van der Waals surface area contributed by atoms with Gasteiger partial charge in [0.1, 0.15) is 5.92 Å². The van der Waals surface area contributed by atoms with Crippen molar-refractivity contribution in [1.82, 2.24) is 0 Å². The Kier molecular flexibility index (Phi) is 4.54. The summed E-state index contributed by atoms with van der Waals surface area (Å²) in [6.07, 6.45) is 2.64. The number of aliphatic hydroxyl groups excluding tert-OH is 1. The van der Waals surface area contributed by atoms with Gasteiger partial charge in [-0.2, -0.15) is 0 Å². The van der Waals surface area contributed by atoms with E-state index >= 15 is 0 Å². The molecule has 11 heavy (non-hydrogen) atoms. The molecule has 0 saturated carbocycles. The first-order chi connectivity index (χ1) is 5.13. The number of esters is 1. The average Bonchev–Trinajstić information content (AvgIpc) is 1.98. The summed E-state index contributed by atoms with van der Waals surface area (Å²) < 4.78 is 4.48. The molecule has 0 bridgehead atoms. The van der Waals surface area contributed by atoms with Crippen LogP contribution in [0.2, 0.25) is 0 Å². The molecule has 0 amide bonds. The third-order valence-corrected chi connectivity index (χ3v) is 1.39. The molecule has 2 atom stereocenters. The van der Waals surface area contributed by atoms with E-state index in [0.29, 0.717) is 0 Å². The Labute approximate surface area is 66.7 Å². The standard InChI is InChI=1S/C8H14O3/c1-4-5-7(6(2)9)8(10)11-3/h4-7,9H,1-3H3/b5-4+/t6-,7+/m1/s1. The first kappa shape index (κ1) is 10.2. The molecule has 0 aliphatic heterocycles. The Morgan fingerprint density at radius 1 is 1.64 bits per heavy atom. The van der Waals surface area contributed by atoms with Crippen LogP contribution >= 0.6 is 0 Å². The third kappa shape index (κ3) is 3.18. The first-order valence-corrected chi connectivity index (χ1v) is 3.52. The van der Waals surface area contributed by atoms with Gasteiger partial charge in [-0.3, -0.25) is 4.79 Å². The lowest BCUT2D eigenvalue weighted by atomic mass is 10.0. The summed E-state index contributed by atoms with van der Waals surface area (Å²) in [5.41, 5.74) is 0. The average molecular weight is 158 g/mol. The maximum absolute atomic E-state index is 10.9. The summed E-state index contributed by atoms with van der Waals surface area (Å²) >= 11 is 0. The maximum Gasteiger partial charge on any atom is 0.315 e. The van der Waals surface area contributed by atoms with Crippen LogP contribution in [0.4, 0.5) is 0 Å². The van der Waals surface area contributed by atoms with Gasteiger partial charge < -0.3 is 9.84 Å². The number of hydrogen-bond donors (Lipinski definition) is 1. The highest BCUT2D eigenvalue weighted by atomic mass is 16.5. The van der Waals surface area contributed by atoms with Crippen LogP contribution in [0, 0.1) is 5.92 Å². The van der Waals surface area contributed by atoms with E-state index in [4.69, 9.17) is 5.11 Å². The number of allylic oxidation sites excluding steroid dienone is 1. The Hall–Kier alpha value is -0.830. The molecule has 0 spiro atoms. The highest BCUT2D eigenvalue weighted by Gasteiger charge is 2.20. The lowest BCUT2D eigenvalue weighted by Crippen LogP contribution is -2.24. The van der Waals surface area contributed by atoms with Gasteiger partial charge in [0.2, 0.25) is 0 Å². The summed E-state index contributed by atoms with van der Waals surface area (Å²) in [5, 5.41) is 9.09. The number of ether oxygens (including phenoxy) is 1. The van der Waals surface area contributed by atoms with E-state index in [1.54, 1.807) is 26.0 Å². The fourth-order valence-electron chi connectivity index (χ4n) is 0.780. The molecule has 0 unspecified atom stereocenters. The van der Waals surface area contributed by atoms with Crippen molar-refractivity contribution in [1.29, 1.82) is 0 Å². The fraction of sp³-hybridized carbons (Fsp3) is 0.625. The zero-order valence-corrected chi connectivity index (χ0v) is 7.07. The van der Waals surface area contributed by atoms with Crippen molar-refractivity contribution in [2.75, 3.05) is 7.11 Å². The molecule has 0 aromatic rings. The predicted molar refractivity (Wildman–Crippen MR) is 42.0 cm³/mol. The van der Waals surface area contributed by atoms with Crippen molar-refractivity contribution < 1.29 is 14.6 Å². The van der Waals surface area contributed by atoms with E-state index in [1.165, 1.54) is 7.11 Å². The molecule has 0 radical (unpaired) electrons. The van der Waals surface area contributed by atoms with E-state index in [9.17, 15) is 4.79 Å². The summed E-state index contributed by atoms with van der Waals surface area (Å²) in [4.78, 5) is 10.9. The molecule has 0 aromatic heterocycles. The van der Waals surface area contributed by atoms with Gasteiger partial charge in [0.05, 0.1) is 13.2 Å². The molecule has 0 aliphatic rings. The minimum absolute atomic E-state index is 0.405. The van der Waals surface area contributed by atoms with Crippen molar-refractivity contribution in [3.63, 3.8) is 0 Å². The summed E-state index contributed by atoms with van der Waals surface area (Å²) in [7, 11) is 1.31. The Bertz CT molecular complexity index is 149. The van der Waals surface area contributed by atoms with Gasteiger partial charge in [-0.1, -0.05) is 12.2 Å². The largest absolute Gasteiger partial charge is 0.468 e. The molecule has 0 rings (SSSR count). The van der Waals surface area contributed by atoms with Crippen LogP contribution in [-0.2, 0) is 9.53 Å². The topological polar surface area (TPSA) is 46.5 Å². The van der Waals surface area contributed by atoms with Gasteiger partial charge in [0, 0.05) is 0 Å². The second kappa shape index (κ2) is 4.91. The molecule has 0 aromatic carbocycles. The van der Waals surface area contributed by atoms with E-state index in [-0.39, 0.29) is 0 Å². The molecular weight excluding hydrogens is 144 g/mol. The molecule has 0 heterocycles. The Morgan fingerprint density at radius 3 is 2.45 bits per heavy atom. The zero-order valence-electron chi connectivity index (χ0n) is 7.07. The minimum atomic E-state index is -0.696. The van der Waals surface area contributed by atoms with Crippen molar-refractivity contribution in [2.24, 2.45) is 5.92 Å². The maximum atomic E-state index is 10.9. The van der Waals surface area contributed by atoms with Gasteiger partial charge in [0.25, 0.3) is 0 Å². The predicted octanol–water partition coefficient (Wildman–Crippen LogP) is 0.732. The third-order valence-electron chi connectivity index (χ3n) is 1.39. The van der Waals surface area contributed by atoms with Crippen LogP contribution < -0.4 is 0 Å². The number of aliphatic hydroxyl groups is 1. The molecule has 3 heteroatoms. The quantitative estimate of drug-likeness (QED) is 0.486. The lowest BCUT2D eigenvalue weighted by molar-refractivity contribution is -0.146. The number of rotatable bonds is 3. The number of methoxy groups -OCH3 is 1. The van der Waals surface area contributed by atoms with Gasteiger partial charge >= 0.3 is 5.97 Å². The molecule has 0 saturated heterocycles. The van der Waals surface area contributed by atoms with Crippen molar-refractivity contribution in [3.8, 4) is 0 Å². The summed E-state index contributed by atoms with van der Waals surface area (Å²) in [6, 6.07) is 0. The summed E-state index contributed by atoms with van der Waals surface area (Å²) in [6.45, 7) is 3.35. The van der Waals surface area contributed by atoms with E-state index in [0.717, 1.165) is 0 Å². The number of hydrogen-bond acceptors (Lipinski definition) is 3. The SMILES string of the molecule is C/C=C/[C@H](C(=O)OC)[C@@H](C)O. The molecule has 64 valence electrons. The van der Waals surface area contributed by atoms with Gasteiger partial charge in [0.15, 0.2) is 0 Å². The van der Waals surface area contributed by atoms with Crippen LogP contribution in [-0.4, -0.2) is 24.3 Å². The highest BCUT2D eigenvalue weighted by Crippen LogP contribution is 2.07. The second-order valence-electron chi connectivity index (χ2n) is 2.32. The highest BCUT2D eigenvalue weighted by molar-refractivity contribution is 5.74. The Balaban J connectivity index is 4.21. The monoisotopic (exact) mass is 158 g/mol. The molecular formula is C8H14O3. The number of carbonyl (C=O) groups excluding carboxylic acids is 1. The van der Waals surface area contributed by atoms with Crippen molar-refractivity contribution in [2.45, 2.75) is 20.0 Å². The first-order valence-electron chi connectivity index (χ1n) is 3.52.